The SMILES string of the molecule is Cc1c(-c2ccc([N+](=O)[O-])s2)nn(C)c1N. The van der Waals surface area contributed by atoms with Gasteiger partial charge in [0, 0.05) is 18.7 Å². The smallest absolute Gasteiger partial charge is 0.324 e. The highest BCUT2D eigenvalue weighted by Gasteiger charge is 2.16. The van der Waals surface area contributed by atoms with Crippen molar-refractivity contribution in [3.63, 3.8) is 0 Å². The molecule has 2 heterocycles. The third-order valence-corrected chi connectivity index (χ3v) is 3.39. The maximum atomic E-state index is 10.6. The summed E-state index contributed by atoms with van der Waals surface area (Å²) < 4.78 is 1.57. The third kappa shape index (κ3) is 1.54. The minimum absolute atomic E-state index is 0.110. The van der Waals surface area contributed by atoms with E-state index in [1.807, 2.05) is 6.92 Å². The first-order chi connectivity index (χ1) is 7.50. The van der Waals surface area contributed by atoms with Gasteiger partial charge in [-0.1, -0.05) is 11.3 Å². The molecule has 0 aliphatic heterocycles. The predicted octanol–water partition coefficient (Wildman–Crippen LogP) is 1.95. The van der Waals surface area contributed by atoms with Crippen molar-refractivity contribution in [3.8, 4) is 10.6 Å². The molecule has 0 saturated heterocycles. The number of nitro groups is 1. The first-order valence-electron chi connectivity index (χ1n) is 4.54. The molecule has 0 amide bonds. The van der Waals surface area contributed by atoms with Crippen LogP contribution in [-0.2, 0) is 7.05 Å². The second-order valence-corrected chi connectivity index (χ2v) is 4.44. The molecule has 0 aliphatic rings. The van der Waals surface area contributed by atoms with Crippen molar-refractivity contribution in [2.75, 3.05) is 5.73 Å². The van der Waals surface area contributed by atoms with Crippen LogP contribution >= 0.6 is 11.3 Å². The zero-order valence-corrected chi connectivity index (χ0v) is 9.61. The minimum atomic E-state index is -0.407. The van der Waals surface area contributed by atoms with Crippen molar-refractivity contribution in [3.05, 3.63) is 27.8 Å². The van der Waals surface area contributed by atoms with Crippen LogP contribution < -0.4 is 5.73 Å². The summed E-state index contributed by atoms with van der Waals surface area (Å²) in [6.45, 7) is 1.85. The number of thiophene rings is 1. The van der Waals surface area contributed by atoms with Crippen LogP contribution in [-0.4, -0.2) is 14.7 Å². The monoisotopic (exact) mass is 238 g/mol. The van der Waals surface area contributed by atoms with Gasteiger partial charge in [-0.15, -0.1) is 0 Å². The Morgan fingerprint density at radius 1 is 1.56 bits per heavy atom. The summed E-state index contributed by atoms with van der Waals surface area (Å²) in [7, 11) is 1.74. The normalized spacial score (nSPS) is 10.6. The van der Waals surface area contributed by atoms with Gasteiger partial charge in [-0.2, -0.15) is 5.10 Å². The minimum Gasteiger partial charge on any atom is -0.384 e. The average molecular weight is 238 g/mol. The Balaban J connectivity index is 2.50. The molecule has 0 radical (unpaired) electrons. The number of nitrogen functional groups attached to an aromatic ring is 1. The van der Waals surface area contributed by atoms with Gasteiger partial charge in [-0.05, 0) is 13.0 Å². The van der Waals surface area contributed by atoms with Gasteiger partial charge in [0.1, 0.15) is 11.5 Å². The molecular weight excluding hydrogens is 228 g/mol. The Labute approximate surface area is 95.5 Å². The van der Waals surface area contributed by atoms with Crippen LogP contribution in [0.25, 0.3) is 10.6 Å². The number of nitrogens with two attached hydrogens (primary N) is 1. The summed E-state index contributed by atoms with van der Waals surface area (Å²) >= 11 is 1.10. The van der Waals surface area contributed by atoms with E-state index in [4.69, 9.17) is 5.73 Å². The topological polar surface area (TPSA) is 87.0 Å². The van der Waals surface area contributed by atoms with Crippen molar-refractivity contribution in [2.45, 2.75) is 6.92 Å². The number of nitrogens with zero attached hydrogens (tertiary/aromatic N) is 3. The Kier molecular flexibility index (Phi) is 2.39. The summed E-state index contributed by atoms with van der Waals surface area (Å²) in [5.41, 5.74) is 7.33. The average Bonchev–Trinajstić information content (AvgIpc) is 2.79. The largest absolute Gasteiger partial charge is 0.384 e. The van der Waals surface area contributed by atoms with Crippen LogP contribution in [0.3, 0.4) is 0 Å². The Hall–Kier alpha value is -1.89. The Morgan fingerprint density at radius 2 is 2.25 bits per heavy atom. The van der Waals surface area contributed by atoms with Gasteiger partial charge in [0.05, 0.1) is 9.80 Å². The number of rotatable bonds is 2. The number of anilines is 1. The number of aryl methyl sites for hydroxylation is 1. The summed E-state index contributed by atoms with van der Waals surface area (Å²) in [5, 5.41) is 14.9. The maximum absolute atomic E-state index is 10.6. The van der Waals surface area contributed by atoms with E-state index in [2.05, 4.69) is 5.10 Å². The molecule has 0 aromatic carbocycles. The molecule has 2 aromatic rings. The fraction of sp³-hybridized carbons (Fsp3) is 0.222. The summed E-state index contributed by atoms with van der Waals surface area (Å²) in [5.74, 6) is 0.575. The molecule has 0 aliphatic carbocycles. The molecule has 0 atom stereocenters. The molecule has 0 bridgehead atoms. The van der Waals surface area contributed by atoms with Crippen molar-refractivity contribution in [1.82, 2.24) is 9.78 Å². The highest BCUT2D eigenvalue weighted by molar-refractivity contribution is 7.18. The summed E-state index contributed by atoms with van der Waals surface area (Å²) in [4.78, 5) is 10.9. The van der Waals surface area contributed by atoms with Gasteiger partial charge < -0.3 is 5.73 Å². The molecule has 2 N–H and O–H groups in total. The molecule has 0 saturated carbocycles. The second kappa shape index (κ2) is 3.60. The quantitative estimate of drug-likeness (QED) is 0.639. The van der Waals surface area contributed by atoms with Gasteiger partial charge in [0.2, 0.25) is 0 Å². The number of aromatic nitrogens is 2. The van der Waals surface area contributed by atoms with Gasteiger partial charge in [0.25, 0.3) is 0 Å². The molecule has 84 valence electrons. The van der Waals surface area contributed by atoms with Crippen molar-refractivity contribution in [2.24, 2.45) is 7.05 Å². The molecule has 2 aromatic heterocycles. The van der Waals surface area contributed by atoms with Crippen LogP contribution in [0.2, 0.25) is 0 Å². The lowest BCUT2D eigenvalue weighted by atomic mass is 10.2. The lowest BCUT2D eigenvalue weighted by Gasteiger charge is -1.92. The van der Waals surface area contributed by atoms with Gasteiger partial charge in [-0.3, -0.25) is 14.8 Å². The lowest BCUT2D eigenvalue weighted by molar-refractivity contribution is -0.380. The summed E-state index contributed by atoms with van der Waals surface area (Å²) in [6, 6.07) is 3.17. The number of hydrogen-bond donors (Lipinski definition) is 1. The van der Waals surface area contributed by atoms with Crippen LogP contribution in [0, 0.1) is 17.0 Å². The van der Waals surface area contributed by atoms with E-state index in [9.17, 15) is 10.1 Å². The fourth-order valence-corrected chi connectivity index (χ4v) is 2.29. The van der Waals surface area contributed by atoms with Crippen molar-refractivity contribution in [1.29, 1.82) is 0 Å². The lowest BCUT2D eigenvalue weighted by Crippen LogP contribution is -1.97. The molecule has 2 rings (SSSR count). The molecule has 0 unspecified atom stereocenters. The van der Waals surface area contributed by atoms with E-state index in [1.54, 1.807) is 17.8 Å². The molecule has 0 fully saturated rings. The van der Waals surface area contributed by atoms with E-state index in [-0.39, 0.29) is 5.00 Å². The third-order valence-electron chi connectivity index (χ3n) is 2.34. The molecular formula is C9H10N4O2S. The Morgan fingerprint density at radius 3 is 2.69 bits per heavy atom. The van der Waals surface area contributed by atoms with Gasteiger partial charge in [-0.25, -0.2) is 0 Å². The molecule has 6 nitrogen and oxygen atoms in total. The van der Waals surface area contributed by atoms with Crippen molar-refractivity contribution < 1.29 is 4.92 Å². The molecule has 16 heavy (non-hydrogen) atoms. The predicted molar refractivity (Wildman–Crippen MR) is 62.3 cm³/mol. The van der Waals surface area contributed by atoms with Crippen LogP contribution in [0.4, 0.5) is 10.8 Å². The van der Waals surface area contributed by atoms with Crippen molar-refractivity contribution >= 4 is 22.2 Å². The molecule has 0 spiro atoms. The first kappa shape index (κ1) is 10.6. The first-order valence-corrected chi connectivity index (χ1v) is 5.36. The highest BCUT2D eigenvalue weighted by Crippen LogP contribution is 2.34. The van der Waals surface area contributed by atoms with Gasteiger partial charge >= 0.3 is 5.00 Å². The number of hydrogen-bond acceptors (Lipinski definition) is 5. The van der Waals surface area contributed by atoms with Crippen LogP contribution in [0.15, 0.2) is 12.1 Å². The Bertz CT molecular complexity index is 558. The zero-order valence-electron chi connectivity index (χ0n) is 8.80. The van der Waals surface area contributed by atoms with Crippen LogP contribution in [0.5, 0.6) is 0 Å². The van der Waals surface area contributed by atoms with E-state index in [0.29, 0.717) is 11.5 Å². The fourth-order valence-electron chi connectivity index (χ4n) is 1.43. The zero-order chi connectivity index (χ0) is 11.9. The maximum Gasteiger partial charge on any atom is 0.324 e. The van der Waals surface area contributed by atoms with E-state index in [0.717, 1.165) is 21.8 Å². The highest BCUT2D eigenvalue weighted by atomic mass is 32.1. The summed E-state index contributed by atoms with van der Waals surface area (Å²) in [6.07, 6.45) is 0. The van der Waals surface area contributed by atoms with E-state index < -0.39 is 4.92 Å². The molecule has 7 heteroatoms. The van der Waals surface area contributed by atoms with E-state index >= 15 is 0 Å². The van der Waals surface area contributed by atoms with Crippen LogP contribution in [0.1, 0.15) is 5.56 Å². The van der Waals surface area contributed by atoms with Gasteiger partial charge in [0.15, 0.2) is 0 Å². The standard InChI is InChI=1S/C9H10N4O2S/c1-5-8(11-12(2)9(5)10)6-3-4-7(16-6)13(14)15/h3-4H,10H2,1-2H3. The van der Waals surface area contributed by atoms with E-state index in [1.165, 1.54) is 6.07 Å². The second-order valence-electron chi connectivity index (χ2n) is 3.38.